The SMILES string of the molecule is C[C@@H](NC=O)C(=O)OC(=O)[C@@H](C)NC=O. The molecule has 0 bridgehead atoms. The zero-order valence-electron chi connectivity index (χ0n) is 8.35. The Bertz CT molecular complexity index is 240. The summed E-state index contributed by atoms with van der Waals surface area (Å²) in [6.07, 6.45) is 0.646. The molecule has 0 aromatic carbocycles. The molecule has 0 radical (unpaired) electrons. The third-order valence-electron chi connectivity index (χ3n) is 1.54. The van der Waals surface area contributed by atoms with Crippen LogP contribution in [-0.2, 0) is 23.9 Å². The number of rotatable bonds is 6. The second kappa shape index (κ2) is 6.52. The quantitative estimate of drug-likeness (QED) is 0.314. The summed E-state index contributed by atoms with van der Waals surface area (Å²) in [5.41, 5.74) is 0. The summed E-state index contributed by atoms with van der Waals surface area (Å²) in [5, 5.41) is 4.25. The Morgan fingerprint density at radius 1 is 1.00 bits per heavy atom. The molecule has 0 aromatic heterocycles. The number of hydrogen-bond donors (Lipinski definition) is 2. The lowest BCUT2D eigenvalue weighted by atomic mass is 10.3. The fraction of sp³-hybridized carbons (Fsp3) is 0.500. The molecule has 0 fully saturated rings. The molecule has 84 valence electrons. The highest BCUT2D eigenvalue weighted by Gasteiger charge is 2.21. The van der Waals surface area contributed by atoms with Crippen LogP contribution < -0.4 is 10.6 Å². The summed E-state index contributed by atoms with van der Waals surface area (Å²) in [4.78, 5) is 42.1. The first-order valence-electron chi connectivity index (χ1n) is 4.17. The van der Waals surface area contributed by atoms with Gasteiger partial charge in [-0.1, -0.05) is 0 Å². The molecule has 2 amide bonds. The molecule has 0 rings (SSSR count). The molecule has 2 atom stereocenters. The molecule has 0 aliphatic rings. The summed E-state index contributed by atoms with van der Waals surface area (Å²) in [5.74, 6) is -1.77. The predicted molar refractivity (Wildman–Crippen MR) is 48.4 cm³/mol. The van der Waals surface area contributed by atoms with Crippen molar-refractivity contribution >= 4 is 24.8 Å². The highest BCUT2D eigenvalue weighted by Crippen LogP contribution is 1.92. The van der Waals surface area contributed by atoms with Gasteiger partial charge < -0.3 is 15.4 Å². The van der Waals surface area contributed by atoms with E-state index in [0.717, 1.165) is 0 Å². The molecule has 2 N–H and O–H groups in total. The van der Waals surface area contributed by atoms with Crippen molar-refractivity contribution in [3.05, 3.63) is 0 Å². The first-order chi connectivity index (χ1) is 7.02. The topological polar surface area (TPSA) is 102 Å². The van der Waals surface area contributed by atoms with Crippen LogP contribution in [0.3, 0.4) is 0 Å². The first kappa shape index (κ1) is 13.1. The maximum absolute atomic E-state index is 11.1. The minimum Gasteiger partial charge on any atom is -0.390 e. The zero-order valence-corrected chi connectivity index (χ0v) is 8.35. The van der Waals surface area contributed by atoms with Crippen LogP contribution in [-0.4, -0.2) is 36.8 Å². The fourth-order valence-electron chi connectivity index (χ4n) is 0.616. The smallest absolute Gasteiger partial charge is 0.336 e. The molecule has 7 nitrogen and oxygen atoms in total. The van der Waals surface area contributed by atoms with Crippen molar-refractivity contribution in [2.75, 3.05) is 0 Å². The van der Waals surface area contributed by atoms with Gasteiger partial charge in [0.25, 0.3) is 0 Å². The van der Waals surface area contributed by atoms with Crippen LogP contribution in [0.2, 0.25) is 0 Å². The van der Waals surface area contributed by atoms with Crippen LogP contribution in [0.25, 0.3) is 0 Å². The Morgan fingerprint density at radius 3 is 1.60 bits per heavy atom. The number of amides is 2. The van der Waals surface area contributed by atoms with E-state index in [9.17, 15) is 19.2 Å². The first-order valence-corrected chi connectivity index (χ1v) is 4.17. The number of carbonyl (C=O) groups is 4. The van der Waals surface area contributed by atoms with E-state index >= 15 is 0 Å². The zero-order chi connectivity index (χ0) is 11.8. The molecule has 0 saturated heterocycles. The third-order valence-corrected chi connectivity index (χ3v) is 1.54. The lowest BCUT2D eigenvalue weighted by Crippen LogP contribution is -2.40. The van der Waals surface area contributed by atoms with Crippen molar-refractivity contribution < 1.29 is 23.9 Å². The van der Waals surface area contributed by atoms with E-state index in [2.05, 4.69) is 15.4 Å². The largest absolute Gasteiger partial charge is 0.390 e. The van der Waals surface area contributed by atoms with Gasteiger partial charge in [-0.05, 0) is 13.8 Å². The average molecular weight is 216 g/mol. The Morgan fingerprint density at radius 2 is 1.33 bits per heavy atom. The molecule has 0 aliphatic heterocycles. The van der Waals surface area contributed by atoms with Crippen LogP contribution in [0.4, 0.5) is 0 Å². The molecular weight excluding hydrogens is 204 g/mol. The predicted octanol–water partition coefficient (Wildman–Crippen LogP) is -1.67. The monoisotopic (exact) mass is 216 g/mol. The summed E-state index contributed by atoms with van der Waals surface area (Å²) in [6.45, 7) is 2.73. The van der Waals surface area contributed by atoms with Crippen molar-refractivity contribution in [2.24, 2.45) is 0 Å². The molecule has 15 heavy (non-hydrogen) atoms. The van der Waals surface area contributed by atoms with Gasteiger partial charge >= 0.3 is 11.9 Å². The van der Waals surface area contributed by atoms with Crippen LogP contribution in [0.5, 0.6) is 0 Å². The molecule has 0 aliphatic carbocycles. The van der Waals surface area contributed by atoms with Gasteiger partial charge in [0.05, 0.1) is 0 Å². The normalized spacial score (nSPS) is 13.2. The van der Waals surface area contributed by atoms with E-state index in [1.165, 1.54) is 13.8 Å². The van der Waals surface area contributed by atoms with Crippen molar-refractivity contribution in [1.82, 2.24) is 10.6 Å². The molecule has 0 saturated carbocycles. The number of esters is 2. The van der Waals surface area contributed by atoms with Crippen LogP contribution >= 0.6 is 0 Å². The van der Waals surface area contributed by atoms with Crippen molar-refractivity contribution in [2.45, 2.75) is 25.9 Å². The average Bonchev–Trinajstić information content (AvgIpc) is 2.18. The Labute approximate surface area is 86.2 Å². The fourth-order valence-corrected chi connectivity index (χ4v) is 0.616. The van der Waals surface area contributed by atoms with E-state index in [-0.39, 0.29) is 0 Å². The van der Waals surface area contributed by atoms with Crippen molar-refractivity contribution in [3.8, 4) is 0 Å². The van der Waals surface area contributed by atoms with Crippen molar-refractivity contribution in [3.63, 3.8) is 0 Å². The molecular formula is C8H12N2O5. The van der Waals surface area contributed by atoms with Gasteiger partial charge in [0.2, 0.25) is 12.8 Å². The van der Waals surface area contributed by atoms with Gasteiger partial charge in [0, 0.05) is 0 Å². The van der Waals surface area contributed by atoms with Crippen LogP contribution in [0.15, 0.2) is 0 Å². The molecule has 0 unspecified atom stereocenters. The van der Waals surface area contributed by atoms with Gasteiger partial charge in [-0.3, -0.25) is 9.59 Å². The van der Waals surface area contributed by atoms with E-state index < -0.39 is 24.0 Å². The minimum absolute atomic E-state index is 0.323. The van der Waals surface area contributed by atoms with E-state index in [4.69, 9.17) is 0 Å². The standard InChI is InChI=1S/C8H12N2O5/c1-5(9-3-11)7(13)15-8(14)6(2)10-4-12/h3-6H,1-2H3,(H,9,11)(H,10,12)/t5-,6-/m1/s1. The van der Waals surface area contributed by atoms with Gasteiger partial charge in [0.1, 0.15) is 12.1 Å². The minimum atomic E-state index is -0.908. The molecule has 7 heteroatoms. The Kier molecular flexibility index (Phi) is 5.69. The highest BCUT2D eigenvalue weighted by molar-refractivity contribution is 5.91. The van der Waals surface area contributed by atoms with E-state index in [1.54, 1.807) is 0 Å². The molecule has 0 spiro atoms. The van der Waals surface area contributed by atoms with Gasteiger partial charge in [-0.25, -0.2) is 9.59 Å². The van der Waals surface area contributed by atoms with Gasteiger partial charge in [-0.2, -0.15) is 0 Å². The van der Waals surface area contributed by atoms with Crippen LogP contribution in [0, 0.1) is 0 Å². The second-order valence-corrected chi connectivity index (χ2v) is 2.75. The van der Waals surface area contributed by atoms with Gasteiger partial charge in [-0.15, -0.1) is 0 Å². The Hall–Kier alpha value is -1.92. The van der Waals surface area contributed by atoms with E-state index in [0.29, 0.717) is 12.8 Å². The second-order valence-electron chi connectivity index (χ2n) is 2.75. The lowest BCUT2D eigenvalue weighted by molar-refractivity contribution is -0.162. The molecule has 0 heterocycles. The van der Waals surface area contributed by atoms with Crippen LogP contribution in [0.1, 0.15) is 13.8 Å². The summed E-state index contributed by atoms with van der Waals surface area (Å²) in [6, 6.07) is -1.82. The summed E-state index contributed by atoms with van der Waals surface area (Å²) < 4.78 is 4.36. The number of ether oxygens (including phenoxy) is 1. The maximum atomic E-state index is 11.1. The maximum Gasteiger partial charge on any atom is 0.336 e. The van der Waals surface area contributed by atoms with Crippen molar-refractivity contribution in [1.29, 1.82) is 0 Å². The lowest BCUT2D eigenvalue weighted by Gasteiger charge is -2.11. The number of nitrogens with one attached hydrogen (secondary N) is 2. The molecule has 0 aromatic rings. The Balaban J connectivity index is 4.10. The summed E-state index contributed by atoms with van der Waals surface area (Å²) >= 11 is 0. The van der Waals surface area contributed by atoms with Gasteiger partial charge in [0.15, 0.2) is 0 Å². The number of hydrogen-bond acceptors (Lipinski definition) is 5. The highest BCUT2D eigenvalue weighted by atomic mass is 16.6. The number of carbonyl (C=O) groups excluding carboxylic acids is 4. The summed E-state index contributed by atoms with van der Waals surface area (Å²) in [7, 11) is 0. The third kappa shape index (κ3) is 4.75. The van der Waals surface area contributed by atoms with E-state index in [1.807, 2.05) is 0 Å².